The third kappa shape index (κ3) is 4.31. The van der Waals surface area contributed by atoms with Gasteiger partial charge < -0.3 is 15.5 Å². The number of aryl methyl sites for hydroxylation is 2. The van der Waals surface area contributed by atoms with Crippen molar-refractivity contribution in [2.45, 2.75) is 44.9 Å². The Hall–Kier alpha value is -1.96. The zero-order valence-electron chi connectivity index (χ0n) is 13.6. The van der Waals surface area contributed by atoms with Gasteiger partial charge in [0.1, 0.15) is 0 Å². The minimum Gasteiger partial charge on any atom is -0.353 e. The van der Waals surface area contributed by atoms with Gasteiger partial charge in [-0.25, -0.2) is 4.98 Å². The van der Waals surface area contributed by atoms with Crippen molar-refractivity contribution in [2.75, 3.05) is 25.0 Å². The average Bonchev–Trinajstić information content (AvgIpc) is 2.96. The number of hydrogen-bond acceptors (Lipinski definition) is 5. The predicted molar refractivity (Wildman–Crippen MR) is 90.8 cm³/mol. The molecule has 2 aliphatic rings. The van der Waals surface area contributed by atoms with Gasteiger partial charge in [0.15, 0.2) is 5.13 Å². The maximum atomic E-state index is 12.0. The number of rotatable bonds is 5. The number of amides is 3. The minimum atomic E-state index is -0.125. The molecule has 3 amide bonds. The van der Waals surface area contributed by atoms with E-state index in [2.05, 4.69) is 15.6 Å². The molecule has 1 aromatic rings. The van der Waals surface area contributed by atoms with Crippen LogP contribution in [0.15, 0.2) is 0 Å². The van der Waals surface area contributed by atoms with Crippen LogP contribution in [0, 0.1) is 0 Å². The second-order valence-corrected chi connectivity index (χ2v) is 7.25. The quantitative estimate of drug-likeness (QED) is 0.831. The van der Waals surface area contributed by atoms with E-state index in [9.17, 15) is 14.4 Å². The molecule has 0 spiro atoms. The number of thiazole rings is 1. The second kappa shape index (κ2) is 7.74. The monoisotopic (exact) mass is 350 g/mol. The van der Waals surface area contributed by atoms with Crippen LogP contribution in [0.2, 0.25) is 0 Å². The van der Waals surface area contributed by atoms with Gasteiger partial charge in [0.2, 0.25) is 17.7 Å². The number of fused-ring (bicyclic) bond motifs is 1. The summed E-state index contributed by atoms with van der Waals surface area (Å²) in [7, 11) is 0. The maximum absolute atomic E-state index is 12.0. The van der Waals surface area contributed by atoms with Crippen LogP contribution >= 0.6 is 11.3 Å². The van der Waals surface area contributed by atoms with Gasteiger partial charge in [-0.15, -0.1) is 11.3 Å². The van der Waals surface area contributed by atoms with E-state index in [-0.39, 0.29) is 37.1 Å². The fourth-order valence-corrected chi connectivity index (χ4v) is 4.06. The lowest BCUT2D eigenvalue weighted by Crippen LogP contribution is -2.49. The SMILES string of the molecule is O=C1CN(C(=O)CCCC(=O)Nc2nc3c(s2)CCCC3)CCN1. The Balaban J connectivity index is 1.40. The van der Waals surface area contributed by atoms with Gasteiger partial charge in [0.05, 0.1) is 12.2 Å². The zero-order chi connectivity index (χ0) is 16.9. The van der Waals surface area contributed by atoms with Crippen LogP contribution in [0.3, 0.4) is 0 Å². The van der Waals surface area contributed by atoms with Crippen molar-refractivity contribution in [3.05, 3.63) is 10.6 Å². The number of hydrogen-bond donors (Lipinski definition) is 2. The Morgan fingerprint density at radius 1 is 1.25 bits per heavy atom. The summed E-state index contributed by atoms with van der Waals surface area (Å²) in [4.78, 5) is 42.6. The lowest BCUT2D eigenvalue weighted by Gasteiger charge is -2.26. The molecule has 24 heavy (non-hydrogen) atoms. The van der Waals surface area contributed by atoms with E-state index < -0.39 is 0 Å². The summed E-state index contributed by atoms with van der Waals surface area (Å²) >= 11 is 1.56. The first-order chi connectivity index (χ1) is 11.6. The fraction of sp³-hybridized carbons (Fsp3) is 0.625. The molecule has 130 valence electrons. The number of carbonyl (C=O) groups excluding carboxylic acids is 3. The highest BCUT2D eigenvalue weighted by Gasteiger charge is 2.21. The molecule has 0 aromatic carbocycles. The number of aromatic nitrogens is 1. The smallest absolute Gasteiger partial charge is 0.239 e. The van der Waals surface area contributed by atoms with Crippen molar-refractivity contribution >= 4 is 34.2 Å². The molecule has 3 rings (SSSR count). The maximum Gasteiger partial charge on any atom is 0.239 e. The van der Waals surface area contributed by atoms with Crippen LogP contribution in [0.4, 0.5) is 5.13 Å². The zero-order valence-corrected chi connectivity index (χ0v) is 14.4. The van der Waals surface area contributed by atoms with Gasteiger partial charge in [0, 0.05) is 30.8 Å². The Morgan fingerprint density at radius 2 is 2.08 bits per heavy atom. The van der Waals surface area contributed by atoms with Gasteiger partial charge in [-0.2, -0.15) is 0 Å². The minimum absolute atomic E-state index is 0.0673. The fourth-order valence-electron chi connectivity index (χ4n) is 3.00. The molecule has 1 saturated heterocycles. The molecule has 0 atom stereocenters. The largest absolute Gasteiger partial charge is 0.353 e. The summed E-state index contributed by atoms with van der Waals surface area (Å²) in [5.74, 6) is -0.298. The molecule has 8 heteroatoms. The third-order valence-electron chi connectivity index (χ3n) is 4.28. The summed E-state index contributed by atoms with van der Waals surface area (Å²) in [6.45, 7) is 1.16. The van der Waals surface area contributed by atoms with E-state index in [1.807, 2.05) is 0 Å². The van der Waals surface area contributed by atoms with Crippen LogP contribution in [0.5, 0.6) is 0 Å². The molecular weight excluding hydrogens is 328 g/mol. The molecular formula is C16H22N4O3S. The Morgan fingerprint density at radius 3 is 2.88 bits per heavy atom. The van der Waals surface area contributed by atoms with E-state index in [1.165, 1.54) is 17.7 Å². The Kier molecular flexibility index (Phi) is 5.44. The molecule has 0 saturated carbocycles. The first-order valence-electron chi connectivity index (χ1n) is 8.45. The van der Waals surface area contributed by atoms with Crippen LogP contribution in [0.1, 0.15) is 42.7 Å². The number of nitrogens with zero attached hydrogens (tertiary/aromatic N) is 2. The molecule has 1 aliphatic heterocycles. The highest BCUT2D eigenvalue weighted by atomic mass is 32.1. The molecule has 1 aliphatic carbocycles. The molecule has 0 radical (unpaired) electrons. The number of carbonyl (C=O) groups is 3. The van der Waals surface area contributed by atoms with Crippen molar-refractivity contribution in [2.24, 2.45) is 0 Å². The van der Waals surface area contributed by atoms with E-state index in [4.69, 9.17) is 0 Å². The molecule has 2 N–H and O–H groups in total. The normalized spacial score (nSPS) is 17.2. The molecule has 7 nitrogen and oxygen atoms in total. The van der Waals surface area contributed by atoms with Crippen LogP contribution in [-0.4, -0.2) is 47.2 Å². The Bertz CT molecular complexity index is 620. The number of anilines is 1. The molecule has 0 bridgehead atoms. The van der Waals surface area contributed by atoms with Gasteiger partial charge in [-0.1, -0.05) is 0 Å². The van der Waals surface area contributed by atoms with Crippen molar-refractivity contribution in [1.29, 1.82) is 0 Å². The summed E-state index contributed by atoms with van der Waals surface area (Å²) in [6.07, 6.45) is 5.47. The van der Waals surface area contributed by atoms with Gasteiger partial charge in [-0.05, 0) is 32.1 Å². The summed E-state index contributed by atoms with van der Waals surface area (Å²) in [6, 6.07) is 0. The van der Waals surface area contributed by atoms with Gasteiger partial charge in [0.25, 0.3) is 0 Å². The highest BCUT2D eigenvalue weighted by Crippen LogP contribution is 2.29. The van der Waals surface area contributed by atoms with Crippen molar-refractivity contribution in [1.82, 2.24) is 15.2 Å². The van der Waals surface area contributed by atoms with Crippen molar-refractivity contribution in [3.63, 3.8) is 0 Å². The number of piperazine rings is 1. The van der Waals surface area contributed by atoms with Crippen LogP contribution in [-0.2, 0) is 27.2 Å². The van der Waals surface area contributed by atoms with Gasteiger partial charge in [-0.3, -0.25) is 14.4 Å². The van der Waals surface area contributed by atoms with Crippen molar-refractivity contribution < 1.29 is 14.4 Å². The second-order valence-electron chi connectivity index (χ2n) is 6.16. The van der Waals surface area contributed by atoms with E-state index in [0.29, 0.717) is 24.6 Å². The molecule has 1 fully saturated rings. The van der Waals surface area contributed by atoms with Crippen LogP contribution in [0.25, 0.3) is 0 Å². The van der Waals surface area contributed by atoms with Crippen LogP contribution < -0.4 is 10.6 Å². The topological polar surface area (TPSA) is 91.4 Å². The van der Waals surface area contributed by atoms with E-state index >= 15 is 0 Å². The number of nitrogens with one attached hydrogen (secondary N) is 2. The van der Waals surface area contributed by atoms with Crippen molar-refractivity contribution in [3.8, 4) is 0 Å². The summed E-state index contributed by atoms with van der Waals surface area (Å²) in [5.41, 5.74) is 1.13. The summed E-state index contributed by atoms with van der Waals surface area (Å²) in [5, 5.41) is 6.20. The Labute approximate surface area is 144 Å². The lowest BCUT2D eigenvalue weighted by molar-refractivity contribution is -0.138. The predicted octanol–water partition coefficient (Wildman–Crippen LogP) is 1.09. The first-order valence-corrected chi connectivity index (χ1v) is 9.26. The molecule has 0 unspecified atom stereocenters. The van der Waals surface area contributed by atoms with E-state index in [0.717, 1.165) is 18.5 Å². The van der Waals surface area contributed by atoms with E-state index in [1.54, 1.807) is 16.2 Å². The highest BCUT2D eigenvalue weighted by molar-refractivity contribution is 7.15. The molecule has 2 heterocycles. The average molecular weight is 350 g/mol. The third-order valence-corrected chi connectivity index (χ3v) is 5.35. The first kappa shape index (κ1) is 16.9. The van der Waals surface area contributed by atoms with Gasteiger partial charge >= 0.3 is 0 Å². The lowest BCUT2D eigenvalue weighted by atomic mass is 10.0. The molecule has 1 aromatic heterocycles. The standard InChI is InChI=1S/C16H22N4O3S/c21-13(19-16-18-11-4-1-2-5-12(11)24-16)6-3-7-15(23)20-9-8-17-14(22)10-20/h1-10H2,(H,17,22)(H,18,19,21). The summed E-state index contributed by atoms with van der Waals surface area (Å²) < 4.78 is 0.